The summed E-state index contributed by atoms with van der Waals surface area (Å²) in [5.74, 6) is -0.100. The first-order valence-corrected chi connectivity index (χ1v) is 10.1. The fourth-order valence-electron chi connectivity index (χ4n) is 3.29. The number of halogens is 3. The van der Waals surface area contributed by atoms with E-state index in [1.807, 2.05) is 43.3 Å². The van der Waals surface area contributed by atoms with Crippen LogP contribution in [0.5, 0.6) is 5.06 Å². The van der Waals surface area contributed by atoms with Crippen molar-refractivity contribution in [2.75, 3.05) is 6.61 Å². The molecule has 4 rings (SSSR count). The van der Waals surface area contributed by atoms with Crippen molar-refractivity contribution in [3.63, 3.8) is 0 Å². The molecule has 2 heterocycles. The molecule has 4 nitrogen and oxygen atoms in total. The average molecular weight is 420 g/mol. The molecule has 1 N–H and O–H groups in total. The highest BCUT2D eigenvalue weighted by molar-refractivity contribution is 7.13. The molecule has 3 aromatic rings. The Hall–Kier alpha value is -2.61. The molecule has 0 saturated heterocycles. The number of hydrogen-bond acceptors (Lipinski definition) is 4. The largest absolute Gasteiger partial charge is 0.475 e. The molecule has 3 atom stereocenters. The predicted octanol–water partition coefficient (Wildman–Crippen LogP) is 5.22. The Kier molecular flexibility index (Phi) is 5.21. The second-order valence-corrected chi connectivity index (χ2v) is 8.25. The van der Waals surface area contributed by atoms with Gasteiger partial charge in [-0.3, -0.25) is 9.78 Å². The molecule has 8 heteroatoms. The van der Waals surface area contributed by atoms with E-state index >= 15 is 0 Å². The average Bonchev–Trinajstić information content (AvgIpc) is 3.35. The van der Waals surface area contributed by atoms with Gasteiger partial charge in [0.25, 0.3) is 0 Å². The monoisotopic (exact) mass is 420 g/mol. The quantitative estimate of drug-likeness (QED) is 0.595. The van der Waals surface area contributed by atoms with Gasteiger partial charge in [-0.1, -0.05) is 24.3 Å². The lowest BCUT2D eigenvalue weighted by Crippen LogP contribution is -2.28. The maximum atomic E-state index is 12.6. The summed E-state index contributed by atoms with van der Waals surface area (Å²) in [4.78, 5) is 18.0. The third kappa shape index (κ3) is 4.70. The van der Waals surface area contributed by atoms with Crippen molar-refractivity contribution in [1.82, 2.24) is 10.3 Å². The maximum Gasteiger partial charge on any atom is 0.422 e. The Morgan fingerprint density at radius 3 is 2.83 bits per heavy atom. The number of carbonyl (C=O) groups excluding carboxylic acids is 1. The van der Waals surface area contributed by atoms with Gasteiger partial charge >= 0.3 is 6.18 Å². The summed E-state index contributed by atoms with van der Waals surface area (Å²) in [6.07, 6.45) is -3.63. The number of carbonyl (C=O) groups is 1. The van der Waals surface area contributed by atoms with Crippen molar-refractivity contribution in [3.8, 4) is 5.06 Å². The molecule has 0 bridgehead atoms. The van der Waals surface area contributed by atoms with Crippen molar-refractivity contribution < 1.29 is 22.7 Å². The lowest BCUT2D eigenvalue weighted by molar-refractivity contribution is -0.152. The number of alkyl halides is 3. The Labute approximate surface area is 169 Å². The van der Waals surface area contributed by atoms with Crippen LogP contribution in [0.25, 0.3) is 10.9 Å². The van der Waals surface area contributed by atoms with Crippen LogP contribution in [-0.2, 0) is 4.79 Å². The summed E-state index contributed by atoms with van der Waals surface area (Å²) in [5.41, 5.74) is 1.82. The van der Waals surface area contributed by atoms with Gasteiger partial charge in [0.2, 0.25) is 5.91 Å². The molecule has 1 amide bonds. The van der Waals surface area contributed by atoms with E-state index < -0.39 is 12.8 Å². The number of nitrogens with zero attached hydrogens (tertiary/aromatic N) is 1. The van der Waals surface area contributed by atoms with Crippen LogP contribution >= 0.6 is 11.3 Å². The highest BCUT2D eigenvalue weighted by atomic mass is 32.1. The van der Waals surface area contributed by atoms with Crippen LogP contribution in [0.3, 0.4) is 0 Å². The van der Waals surface area contributed by atoms with Gasteiger partial charge in [0.05, 0.1) is 11.6 Å². The van der Waals surface area contributed by atoms with Crippen LogP contribution in [0.1, 0.15) is 35.9 Å². The Bertz CT molecular complexity index is 1030. The van der Waals surface area contributed by atoms with Gasteiger partial charge < -0.3 is 10.1 Å². The molecule has 0 radical (unpaired) electrons. The Morgan fingerprint density at radius 2 is 2.03 bits per heavy atom. The van der Waals surface area contributed by atoms with Gasteiger partial charge in [-0.25, -0.2) is 0 Å². The molecule has 3 unspecified atom stereocenters. The third-order valence-electron chi connectivity index (χ3n) is 4.89. The van der Waals surface area contributed by atoms with Crippen molar-refractivity contribution in [2.45, 2.75) is 31.5 Å². The SMILES string of the molecule is CC(NC(=O)C1CC1c1ccc2ccccc2n1)c1ccc(OCC(F)(F)F)s1. The molecule has 1 aromatic carbocycles. The highest BCUT2D eigenvalue weighted by Gasteiger charge is 2.45. The summed E-state index contributed by atoms with van der Waals surface area (Å²) >= 11 is 1.11. The van der Waals surface area contributed by atoms with E-state index in [0.29, 0.717) is 0 Å². The second kappa shape index (κ2) is 7.67. The first-order chi connectivity index (χ1) is 13.8. The van der Waals surface area contributed by atoms with E-state index in [2.05, 4.69) is 10.3 Å². The topological polar surface area (TPSA) is 51.2 Å². The number of pyridine rings is 1. The number of thiophene rings is 1. The zero-order valence-corrected chi connectivity index (χ0v) is 16.4. The van der Waals surface area contributed by atoms with Crippen molar-refractivity contribution in [1.29, 1.82) is 0 Å². The number of fused-ring (bicyclic) bond motifs is 1. The molecule has 0 aliphatic heterocycles. The van der Waals surface area contributed by atoms with Gasteiger partial charge in [0.15, 0.2) is 11.7 Å². The van der Waals surface area contributed by atoms with Gasteiger partial charge in [-0.2, -0.15) is 13.2 Å². The molecule has 29 heavy (non-hydrogen) atoms. The molecule has 1 aliphatic carbocycles. The number of amides is 1. The fraction of sp³-hybridized carbons (Fsp3) is 0.333. The fourth-order valence-corrected chi connectivity index (χ4v) is 4.15. The van der Waals surface area contributed by atoms with Crippen LogP contribution in [-0.4, -0.2) is 23.7 Å². The minimum absolute atomic E-state index is 0.0661. The van der Waals surface area contributed by atoms with Gasteiger partial charge in [-0.05, 0) is 37.6 Å². The zero-order chi connectivity index (χ0) is 20.6. The number of rotatable bonds is 6. The minimum atomic E-state index is -4.37. The van der Waals surface area contributed by atoms with Crippen LogP contribution in [0.15, 0.2) is 48.5 Å². The predicted molar refractivity (Wildman–Crippen MR) is 105 cm³/mol. The number of aromatic nitrogens is 1. The lowest BCUT2D eigenvalue weighted by atomic mass is 10.1. The first-order valence-electron chi connectivity index (χ1n) is 9.25. The highest BCUT2D eigenvalue weighted by Crippen LogP contribution is 2.47. The van der Waals surface area contributed by atoms with Crippen LogP contribution in [0.4, 0.5) is 13.2 Å². The van der Waals surface area contributed by atoms with Crippen LogP contribution < -0.4 is 10.1 Å². The van der Waals surface area contributed by atoms with Gasteiger partial charge in [0, 0.05) is 27.8 Å². The smallest absolute Gasteiger partial charge is 0.422 e. The van der Waals surface area contributed by atoms with E-state index in [-0.39, 0.29) is 28.8 Å². The van der Waals surface area contributed by atoms with Crippen molar-refractivity contribution in [2.24, 2.45) is 5.92 Å². The molecule has 1 fully saturated rings. The normalized spacial score (nSPS) is 19.7. The summed E-state index contributed by atoms with van der Waals surface area (Å²) in [7, 11) is 0. The number of hydrogen-bond donors (Lipinski definition) is 1. The van der Waals surface area contributed by atoms with E-state index in [1.54, 1.807) is 6.07 Å². The Morgan fingerprint density at radius 1 is 1.24 bits per heavy atom. The first kappa shape index (κ1) is 19.7. The summed E-state index contributed by atoms with van der Waals surface area (Å²) in [5, 5.41) is 4.19. The van der Waals surface area contributed by atoms with E-state index in [9.17, 15) is 18.0 Å². The van der Waals surface area contributed by atoms with Crippen molar-refractivity contribution in [3.05, 3.63) is 59.1 Å². The molecule has 1 aliphatic rings. The summed E-state index contributed by atoms with van der Waals surface area (Å²) in [6.45, 7) is 0.485. The standard InChI is InChI=1S/C21H19F3N2O2S/c1-12(18-8-9-19(29-18)28-11-21(22,23)24)25-20(27)15-10-14(15)17-7-6-13-4-2-3-5-16(13)26-17/h2-9,12,14-15H,10-11H2,1H3,(H,25,27). The van der Waals surface area contributed by atoms with E-state index in [4.69, 9.17) is 4.74 Å². The Balaban J connectivity index is 1.34. The van der Waals surface area contributed by atoms with Crippen LogP contribution in [0, 0.1) is 5.92 Å². The molecule has 1 saturated carbocycles. The second-order valence-electron chi connectivity index (χ2n) is 7.17. The number of para-hydroxylation sites is 1. The van der Waals surface area contributed by atoms with Gasteiger partial charge in [-0.15, -0.1) is 11.3 Å². The van der Waals surface area contributed by atoms with E-state index in [1.165, 1.54) is 6.07 Å². The summed E-state index contributed by atoms with van der Waals surface area (Å²) in [6, 6.07) is 14.7. The third-order valence-corrected chi connectivity index (χ3v) is 6.07. The molecular formula is C21H19F3N2O2S. The lowest BCUT2D eigenvalue weighted by Gasteiger charge is -2.12. The van der Waals surface area contributed by atoms with Crippen molar-refractivity contribution >= 4 is 28.1 Å². The van der Waals surface area contributed by atoms with Gasteiger partial charge in [0.1, 0.15) is 0 Å². The van der Waals surface area contributed by atoms with E-state index in [0.717, 1.165) is 39.2 Å². The zero-order valence-electron chi connectivity index (χ0n) is 15.6. The number of ether oxygens (including phenoxy) is 1. The molecule has 152 valence electrons. The molecule has 0 spiro atoms. The molecule has 2 aromatic heterocycles. The number of nitrogens with one attached hydrogen (secondary N) is 1. The maximum absolute atomic E-state index is 12.6. The van der Waals surface area contributed by atoms with Crippen LogP contribution in [0.2, 0.25) is 0 Å². The number of benzene rings is 1. The minimum Gasteiger partial charge on any atom is -0.475 e. The molecular weight excluding hydrogens is 401 g/mol. The summed E-state index contributed by atoms with van der Waals surface area (Å²) < 4.78 is 41.5.